The molecule has 0 atom stereocenters. The van der Waals surface area contributed by atoms with Crippen LogP contribution >= 0.6 is 0 Å². The molecule has 0 spiro atoms. The van der Waals surface area contributed by atoms with Gasteiger partial charge in [0.05, 0.1) is 25.3 Å². The van der Waals surface area contributed by atoms with Gasteiger partial charge in [0.25, 0.3) is 0 Å². The number of aryl methyl sites for hydroxylation is 3. The topological polar surface area (TPSA) is 72.8 Å². The van der Waals surface area contributed by atoms with Crippen LogP contribution in [0.1, 0.15) is 43.8 Å². The van der Waals surface area contributed by atoms with Crippen LogP contribution in [0.2, 0.25) is 0 Å². The van der Waals surface area contributed by atoms with E-state index in [1.807, 2.05) is 25.1 Å². The van der Waals surface area contributed by atoms with Gasteiger partial charge in [0, 0.05) is 0 Å². The Morgan fingerprint density at radius 2 is 1.44 bits per heavy atom. The van der Waals surface area contributed by atoms with Crippen LogP contribution < -0.4 is 0 Å². The van der Waals surface area contributed by atoms with Crippen LogP contribution in [-0.4, -0.2) is 31.3 Å². The van der Waals surface area contributed by atoms with Crippen molar-refractivity contribution in [2.75, 3.05) is 14.2 Å². The lowest BCUT2D eigenvalue weighted by Gasteiger charge is -2.09. The minimum Gasteiger partial charge on any atom is -0.508 e. The molecule has 2 aromatic rings. The molecule has 25 heavy (non-hydrogen) atoms. The first-order chi connectivity index (χ1) is 12.0. The SMILES string of the molecule is COC(=O)c1ccc(CCCc2ccc(O)c(C)c2)cc1C(=O)OC. The largest absolute Gasteiger partial charge is 0.508 e. The lowest BCUT2D eigenvalue weighted by Crippen LogP contribution is -2.12. The molecule has 2 rings (SSSR count). The highest BCUT2D eigenvalue weighted by molar-refractivity contribution is 6.03. The molecule has 0 radical (unpaired) electrons. The van der Waals surface area contributed by atoms with Crippen molar-refractivity contribution in [1.82, 2.24) is 0 Å². The molecular formula is C20H22O5. The number of methoxy groups -OCH3 is 2. The summed E-state index contributed by atoms with van der Waals surface area (Å²) in [5, 5.41) is 9.56. The highest BCUT2D eigenvalue weighted by atomic mass is 16.5. The van der Waals surface area contributed by atoms with Gasteiger partial charge in [0.1, 0.15) is 5.75 Å². The molecule has 0 unspecified atom stereocenters. The van der Waals surface area contributed by atoms with Gasteiger partial charge in [-0.2, -0.15) is 0 Å². The van der Waals surface area contributed by atoms with E-state index in [1.165, 1.54) is 14.2 Å². The third kappa shape index (κ3) is 4.59. The van der Waals surface area contributed by atoms with Crippen molar-refractivity contribution >= 4 is 11.9 Å². The smallest absolute Gasteiger partial charge is 0.338 e. The van der Waals surface area contributed by atoms with Crippen LogP contribution in [-0.2, 0) is 22.3 Å². The van der Waals surface area contributed by atoms with E-state index in [4.69, 9.17) is 9.47 Å². The van der Waals surface area contributed by atoms with Crippen molar-refractivity contribution in [2.24, 2.45) is 0 Å². The van der Waals surface area contributed by atoms with Crippen LogP contribution in [0.25, 0.3) is 0 Å². The zero-order valence-electron chi connectivity index (χ0n) is 14.7. The molecule has 2 aromatic carbocycles. The van der Waals surface area contributed by atoms with Crippen molar-refractivity contribution in [2.45, 2.75) is 26.2 Å². The first-order valence-electron chi connectivity index (χ1n) is 8.04. The molecular weight excluding hydrogens is 320 g/mol. The minimum atomic E-state index is -0.563. The Morgan fingerprint density at radius 3 is 2.04 bits per heavy atom. The Kier molecular flexibility index (Phi) is 6.17. The maximum atomic E-state index is 11.9. The Morgan fingerprint density at radius 1 is 0.880 bits per heavy atom. The summed E-state index contributed by atoms with van der Waals surface area (Å²) >= 11 is 0. The second-order valence-corrected chi connectivity index (χ2v) is 5.84. The first-order valence-corrected chi connectivity index (χ1v) is 8.04. The van der Waals surface area contributed by atoms with Gasteiger partial charge < -0.3 is 14.6 Å². The third-order valence-electron chi connectivity index (χ3n) is 4.09. The second kappa shape index (κ2) is 8.33. The Bertz CT molecular complexity index is 780. The van der Waals surface area contributed by atoms with E-state index in [0.29, 0.717) is 5.75 Å². The fraction of sp³-hybridized carbons (Fsp3) is 0.300. The average molecular weight is 342 g/mol. The number of carbonyl (C=O) groups excluding carboxylic acids is 2. The van der Waals surface area contributed by atoms with Gasteiger partial charge in [-0.05, 0) is 61.1 Å². The number of hydrogen-bond acceptors (Lipinski definition) is 5. The molecule has 0 aromatic heterocycles. The molecule has 5 nitrogen and oxygen atoms in total. The summed E-state index contributed by atoms with van der Waals surface area (Å²) in [5.74, 6) is -0.826. The second-order valence-electron chi connectivity index (χ2n) is 5.84. The number of phenols is 1. The number of aromatic hydroxyl groups is 1. The quantitative estimate of drug-likeness (QED) is 0.814. The van der Waals surface area contributed by atoms with E-state index in [9.17, 15) is 14.7 Å². The van der Waals surface area contributed by atoms with E-state index in [1.54, 1.807) is 18.2 Å². The molecule has 0 bridgehead atoms. The van der Waals surface area contributed by atoms with Crippen molar-refractivity contribution in [3.63, 3.8) is 0 Å². The summed E-state index contributed by atoms with van der Waals surface area (Å²) in [6, 6.07) is 10.7. The predicted molar refractivity (Wildman–Crippen MR) is 94.0 cm³/mol. The van der Waals surface area contributed by atoms with Crippen molar-refractivity contribution < 1.29 is 24.2 Å². The molecule has 5 heteroatoms. The van der Waals surface area contributed by atoms with Crippen molar-refractivity contribution in [3.8, 4) is 5.75 Å². The van der Waals surface area contributed by atoms with Gasteiger partial charge in [-0.1, -0.05) is 18.2 Å². The number of benzene rings is 2. The molecule has 0 aliphatic rings. The van der Waals surface area contributed by atoms with Gasteiger partial charge in [-0.3, -0.25) is 0 Å². The fourth-order valence-corrected chi connectivity index (χ4v) is 2.68. The minimum absolute atomic E-state index is 0.201. The molecule has 0 fully saturated rings. The lowest BCUT2D eigenvalue weighted by atomic mass is 9.98. The maximum absolute atomic E-state index is 11.9. The Labute approximate surface area is 147 Å². The molecule has 0 heterocycles. The van der Waals surface area contributed by atoms with Crippen molar-refractivity contribution in [3.05, 3.63) is 64.2 Å². The highest BCUT2D eigenvalue weighted by Crippen LogP contribution is 2.20. The maximum Gasteiger partial charge on any atom is 0.338 e. The van der Waals surface area contributed by atoms with Crippen LogP contribution in [0, 0.1) is 6.92 Å². The average Bonchev–Trinajstić information content (AvgIpc) is 2.63. The molecule has 0 saturated heterocycles. The van der Waals surface area contributed by atoms with Gasteiger partial charge >= 0.3 is 11.9 Å². The lowest BCUT2D eigenvalue weighted by molar-refractivity contribution is 0.0555. The van der Waals surface area contributed by atoms with Gasteiger partial charge in [0.2, 0.25) is 0 Å². The van der Waals surface area contributed by atoms with Crippen LogP contribution in [0.3, 0.4) is 0 Å². The van der Waals surface area contributed by atoms with Gasteiger partial charge in [-0.25, -0.2) is 9.59 Å². The zero-order chi connectivity index (χ0) is 18.4. The molecule has 0 aliphatic heterocycles. The molecule has 132 valence electrons. The van der Waals surface area contributed by atoms with Gasteiger partial charge in [-0.15, -0.1) is 0 Å². The number of esters is 2. The normalized spacial score (nSPS) is 10.4. The Hall–Kier alpha value is -2.82. The molecule has 0 aliphatic carbocycles. The van der Waals surface area contributed by atoms with Gasteiger partial charge in [0.15, 0.2) is 0 Å². The van der Waals surface area contributed by atoms with E-state index in [2.05, 4.69) is 0 Å². The summed E-state index contributed by atoms with van der Waals surface area (Å²) in [5.41, 5.74) is 3.37. The van der Waals surface area contributed by atoms with E-state index in [0.717, 1.165) is 36.0 Å². The van der Waals surface area contributed by atoms with Crippen molar-refractivity contribution in [1.29, 1.82) is 0 Å². The molecule has 0 saturated carbocycles. The molecule has 1 N–H and O–H groups in total. The Balaban J connectivity index is 2.10. The fourth-order valence-electron chi connectivity index (χ4n) is 2.68. The molecule has 0 amide bonds. The van der Waals surface area contributed by atoms with Crippen LogP contribution in [0.5, 0.6) is 5.75 Å². The highest BCUT2D eigenvalue weighted by Gasteiger charge is 2.18. The summed E-state index contributed by atoms with van der Waals surface area (Å²) in [7, 11) is 2.56. The first kappa shape index (κ1) is 18.5. The third-order valence-corrected chi connectivity index (χ3v) is 4.09. The zero-order valence-corrected chi connectivity index (χ0v) is 14.7. The monoisotopic (exact) mass is 342 g/mol. The number of ether oxygens (including phenoxy) is 2. The number of carbonyl (C=O) groups is 2. The van der Waals surface area contributed by atoms with E-state index < -0.39 is 11.9 Å². The summed E-state index contributed by atoms with van der Waals surface area (Å²) < 4.78 is 9.46. The predicted octanol–water partition coefficient (Wildman–Crippen LogP) is 3.45. The van der Waals surface area contributed by atoms with Crippen LogP contribution in [0.15, 0.2) is 36.4 Å². The van der Waals surface area contributed by atoms with Crippen LogP contribution in [0.4, 0.5) is 0 Å². The number of phenolic OH excluding ortho intramolecular Hbond substituents is 1. The van der Waals surface area contributed by atoms with E-state index in [-0.39, 0.29) is 11.1 Å². The standard InChI is InChI=1S/C20H22O5/c1-13-11-14(8-10-18(13)21)5-4-6-15-7-9-16(19(22)24-2)17(12-15)20(23)25-3/h7-12,21H,4-6H2,1-3H3. The van der Waals surface area contributed by atoms with E-state index >= 15 is 0 Å². The summed E-state index contributed by atoms with van der Waals surface area (Å²) in [6.45, 7) is 1.87. The summed E-state index contributed by atoms with van der Waals surface area (Å²) in [6.07, 6.45) is 2.49. The number of hydrogen-bond donors (Lipinski definition) is 1. The summed E-state index contributed by atoms with van der Waals surface area (Å²) in [4.78, 5) is 23.7. The number of rotatable bonds is 6.